The second-order valence-corrected chi connectivity index (χ2v) is 6.29. The molecule has 1 aromatic heterocycles. The smallest absolute Gasteiger partial charge is 0.270 e. The highest BCUT2D eigenvalue weighted by molar-refractivity contribution is 14.1. The van der Waals surface area contributed by atoms with Gasteiger partial charge in [0.25, 0.3) is 11.6 Å². The first-order chi connectivity index (χ1) is 12.0. The van der Waals surface area contributed by atoms with Crippen molar-refractivity contribution in [3.8, 4) is 0 Å². The van der Waals surface area contributed by atoms with Crippen LogP contribution < -0.4 is 5.32 Å². The number of nitro benzene ring substituents is 1. The second-order valence-electron chi connectivity index (χ2n) is 5.13. The Morgan fingerprint density at radius 1 is 1.28 bits per heavy atom. The van der Waals surface area contributed by atoms with Crippen LogP contribution in [-0.4, -0.2) is 25.6 Å². The lowest BCUT2D eigenvalue weighted by molar-refractivity contribution is -0.384. The molecule has 0 fully saturated rings. The number of carbonyl (C=O) groups is 1. The lowest BCUT2D eigenvalue weighted by Gasteiger charge is -2.12. The zero-order valence-corrected chi connectivity index (χ0v) is 15.0. The van der Waals surface area contributed by atoms with Crippen LogP contribution in [-0.2, 0) is 6.54 Å². The van der Waals surface area contributed by atoms with Crippen molar-refractivity contribution < 1.29 is 9.72 Å². The standard InChI is InChI=1S/C16H12IN5O3/c17-14-6-5-12(22(24)25)7-13(14)16(23)20-15-4-2-1-3-11(15)8-21-10-18-9-19-21/h1-7,9-10H,8H2,(H,20,23). The predicted octanol–water partition coefficient (Wildman–Crippen LogP) is 3.09. The van der Waals surface area contributed by atoms with Gasteiger partial charge in [-0.2, -0.15) is 5.10 Å². The van der Waals surface area contributed by atoms with E-state index < -0.39 is 10.8 Å². The Hall–Kier alpha value is -2.82. The number of aromatic nitrogens is 3. The Bertz CT molecular complexity index is 927. The number of hydrogen-bond acceptors (Lipinski definition) is 5. The number of para-hydroxylation sites is 1. The van der Waals surface area contributed by atoms with Gasteiger partial charge in [0.2, 0.25) is 0 Å². The van der Waals surface area contributed by atoms with E-state index in [1.807, 2.05) is 34.7 Å². The summed E-state index contributed by atoms with van der Waals surface area (Å²) in [5, 5.41) is 17.8. The number of halogens is 1. The number of carbonyl (C=O) groups excluding carboxylic acids is 1. The summed E-state index contributed by atoms with van der Waals surface area (Å²) in [5.41, 5.74) is 1.60. The predicted molar refractivity (Wildman–Crippen MR) is 99.3 cm³/mol. The fraction of sp³-hybridized carbons (Fsp3) is 0.0625. The Morgan fingerprint density at radius 3 is 2.80 bits per heavy atom. The fourth-order valence-electron chi connectivity index (χ4n) is 2.26. The van der Waals surface area contributed by atoms with E-state index in [2.05, 4.69) is 15.4 Å². The molecule has 0 aliphatic carbocycles. The third-order valence-corrected chi connectivity index (χ3v) is 4.41. The number of nitrogens with zero attached hydrogens (tertiary/aromatic N) is 4. The van der Waals surface area contributed by atoms with Crippen LogP contribution in [0, 0.1) is 13.7 Å². The van der Waals surface area contributed by atoms with E-state index in [9.17, 15) is 14.9 Å². The van der Waals surface area contributed by atoms with Gasteiger partial charge < -0.3 is 5.32 Å². The molecule has 0 spiro atoms. The number of amides is 1. The van der Waals surface area contributed by atoms with Gasteiger partial charge in [-0.3, -0.25) is 14.9 Å². The van der Waals surface area contributed by atoms with Gasteiger partial charge >= 0.3 is 0 Å². The molecule has 0 radical (unpaired) electrons. The monoisotopic (exact) mass is 449 g/mol. The van der Waals surface area contributed by atoms with Crippen LogP contribution in [0.25, 0.3) is 0 Å². The molecule has 3 rings (SSSR count). The first kappa shape index (κ1) is 17.0. The van der Waals surface area contributed by atoms with Gasteiger partial charge in [-0.1, -0.05) is 18.2 Å². The fourth-order valence-corrected chi connectivity index (χ4v) is 2.84. The van der Waals surface area contributed by atoms with Crippen LogP contribution in [0.5, 0.6) is 0 Å². The van der Waals surface area contributed by atoms with Gasteiger partial charge in [-0.15, -0.1) is 0 Å². The number of hydrogen-bond donors (Lipinski definition) is 1. The molecule has 25 heavy (non-hydrogen) atoms. The number of nitro groups is 1. The molecule has 0 bridgehead atoms. The largest absolute Gasteiger partial charge is 0.322 e. The van der Waals surface area contributed by atoms with Gasteiger partial charge in [0, 0.05) is 21.4 Å². The minimum Gasteiger partial charge on any atom is -0.322 e. The van der Waals surface area contributed by atoms with Crippen LogP contribution in [0.2, 0.25) is 0 Å². The van der Waals surface area contributed by atoms with Crippen molar-refractivity contribution in [1.29, 1.82) is 0 Å². The Kier molecular flexibility index (Phi) is 5.03. The summed E-state index contributed by atoms with van der Waals surface area (Å²) in [5.74, 6) is -0.404. The van der Waals surface area contributed by atoms with Gasteiger partial charge in [-0.25, -0.2) is 9.67 Å². The van der Waals surface area contributed by atoms with Crippen LogP contribution in [0.15, 0.2) is 55.1 Å². The SMILES string of the molecule is O=C(Nc1ccccc1Cn1cncn1)c1cc([N+](=O)[O-])ccc1I. The first-order valence-corrected chi connectivity index (χ1v) is 8.28. The van der Waals surface area contributed by atoms with Crippen molar-refractivity contribution >= 4 is 39.9 Å². The average Bonchev–Trinajstić information content (AvgIpc) is 3.09. The van der Waals surface area contributed by atoms with Gasteiger partial charge in [-0.05, 0) is 40.3 Å². The van der Waals surface area contributed by atoms with Crippen LogP contribution in [0.4, 0.5) is 11.4 Å². The average molecular weight is 449 g/mol. The molecular formula is C16H12IN5O3. The molecular weight excluding hydrogens is 437 g/mol. The Balaban J connectivity index is 1.87. The van der Waals surface area contributed by atoms with Crippen LogP contribution in [0.3, 0.4) is 0 Å². The summed E-state index contributed by atoms with van der Waals surface area (Å²) in [7, 11) is 0. The van der Waals surface area contributed by atoms with Gasteiger partial charge in [0.05, 0.1) is 17.0 Å². The Morgan fingerprint density at radius 2 is 2.08 bits per heavy atom. The normalized spacial score (nSPS) is 10.4. The highest BCUT2D eigenvalue weighted by Crippen LogP contribution is 2.22. The van der Waals surface area contributed by atoms with Crippen LogP contribution >= 0.6 is 22.6 Å². The zero-order valence-electron chi connectivity index (χ0n) is 12.8. The maximum Gasteiger partial charge on any atom is 0.270 e. The minimum absolute atomic E-state index is 0.124. The summed E-state index contributed by atoms with van der Waals surface area (Å²) >= 11 is 1.98. The van der Waals surface area contributed by atoms with E-state index in [-0.39, 0.29) is 11.3 Å². The molecule has 3 aromatic rings. The van der Waals surface area contributed by atoms with Gasteiger partial charge in [0.1, 0.15) is 12.7 Å². The molecule has 1 N–H and O–H groups in total. The molecule has 0 aliphatic rings. The van der Waals surface area contributed by atoms with Gasteiger partial charge in [0.15, 0.2) is 0 Å². The molecule has 126 valence electrons. The maximum absolute atomic E-state index is 12.6. The number of nitrogens with one attached hydrogen (secondary N) is 1. The highest BCUT2D eigenvalue weighted by atomic mass is 127. The second kappa shape index (κ2) is 7.38. The molecule has 0 aliphatic heterocycles. The molecule has 1 amide bonds. The summed E-state index contributed by atoms with van der Waals surface area (Å²) < 4.78 is 2.27. The molecule has 0 saturated heterocycles. The van der Waals surface area contributed by atoms with Crippen molar-refractivity contribution in [3.05, 3.63) is 79.9 Å². The van der Waals surface area contributed by atoms with E-state index in [1.165, 1.54) is 18.5 Å². The zero-order chi connectivity index (χ0) is 17.8. The molecule has 0 atom stereocenters. The number of anilines is 1. The first-order valence-electron chi connectivity index (χ1n) is 7.20. The number of rotatable bonds is 5. The number of benzene rings is 2. The lowest BCUT2D eigenvalue weighted by atomic mass is 10.1. The van der Waals surface area contributed by atoms with E-state index in [0.29, 0.717) is 15.8 Å². The van der Waals surface area contributed by atoms with Crippen molar-refractivity contribution in [2.45, 2.75) is 6.54 Å². The highest BCUT2D eigenvalue weighted by Gasteiger charge is 2.16. The minimum atomic E-state index is -0.522. The maximum atomic E-state index is 12.6. The van der Waals surface area contributed by atoms with Crippen LogP contribution in [0.1, 0.15) is 15.9 Å². The summed E-state index contributed by atoms with van der Waals surface area (Å²) in [6, 6.07) is 11.5. The third-order valence-electron chi connectivity index (χ3n) is 3.47. The third kappa shape index (κ3) is 3.99. The van der Waals surface area contributed by atoms with E-state index in [1.54, 1.807) is 29.2 Å². The van der Waals surface area contributed by atoms with Crippen molar-refractivity contribution in [3.63, 3.8) is 0 Å². The molecule has 2 aromatic carbocycles. The molecule has 0 saturated carbocycles. The molecule has 1 heterocycles. The summed E-state index contributed by atoms with van der Waals surface area (Å²) in [6.07, 6.45) is 3.02. The van der Waals surface area contributed by atoms with Crippen molar-refractivity contribution in [1.82, 2.24) is 14.8 Å². The van der Waals surface area contributed by atoms with Crippen molar-refractivity contribution in [2.24, 2.45) is 0 Å². The van der Waals surface area contributed by atoms with Crippen molar-refractivity contribution in [2.75, 3.05) is 5.32 Å². The molecule has 9 heteroatoms. The molecule has 8 nitrogen and oxygen atoms in total. The lowest BCUT2D eigenvalue weighted by Crippen LogP contribution is -2.16. The van der Waals surface area contributed by atoms with E-state index in [4.69, 9.17) is 0 Å². The number of non-ortho nitro benzene ring substituents is 1. The quantitative estimate of drug-likeness (QED) is 0.367. The molecule has 0 unspecified atom stereocenters. The summed E-state index contributed by atoms with van der Waals surface area (Å²) in [4.78, 5) is 26.9. The van der Waals surface area contributed by atoms with E-state index >= 15 is 0 Å². The summed E-state index contributed by atoms with van der Waals surface area (Å²) in [6.45, 7) is 0.447. The Labute approximate surface area is 156 Å². The topological polar surface area (TPSA) is 103 Å². The van der Waals surface area contributed by atoms with E-state index in [0.717, 1.165) is 5.56 Å².